The number of ketones is 1. The third kappa shape index (κ3) is 3.77. The van der Waals surface area contributed by atoms with Crippen molar-refractivity contribution in [3.8, 4) is 6.07 Å². The molecule has 0 saturated heterocycles. The number of benzene rings is 1. The van der Waals surface area contributed by atoms with Crippen LogP contribution in [0.5, 0.6) is 0 Å². The summed E-state index contributed by atoms with van der Waals surface area (Å²) in [5, 5.41) is 9.07. The highest BCUT2D eigenvalue weighted by Crippen LogP contribution is 2.12. The van der Waals surface area contributed by atoms with Gasteiger partial charge in [0.15, 0.2) is 5.78 Å². The number of thioether (sulfide) groups is 1. The number of rotatable bonds is 4. The Hall–Kier alpha value is -1.27. The van der Waals surface area contributed by atoms with Crippen LogP contribution in [0.3, 0.4) is 0 Å². The lowest BCUT2D eigenvalue weighted by molar-refractivity contribution is 0.102. The molecule has 0 N–H and O–H groups in total. The van der Waals surface area contributed by atoms with Crippen LogP contribution in [0.25, 0.3) is 0 Å². The lowest BCUT2D eigenvalue weighted by Crippen LogP contribution is -2.04. The van der Waals surface area contributed by atoms with Gasteiger partial charge < -0.3 is 0 Å². The molecule has 15 heavy (non-hydrogen) atoms. The maximum atomic E-state index is 11.6. The minimum absolute atomic E-state index is 0.123. The first-order valence-electron chi connectivity index (χ1n) is 4.78. The summed E-state index contributed by atoms with van der Waals surface area (Å²) in [4.78, 5) is 11.6. The zero-order chi connectivity index (χ0) is 11.3. The topological polar surface area (TPSA) is 40.9 Å². The van der Waals surface area contributed by atoms with Crippen LogP contribution in [0, 0.1) is 11.3 Å². The third-order valence-electron chi connectivity index (χ3n) is 1.88. The molecule has 0 atom stereocenters. The molecule has 1 rings (SSSR count). The van der Waals surface area contributed by atoms with Crippen molar-refractivity contribution in [2.24, 2.45) is 0 Å². The van der Waals surface area contributed by atoms with Gasteiger partial charge in [-0.15, -0.1) is 0 Å². The summed E-state index contributed by atoms with van der Waals surface area (Å²) in [6.45, 7) is 4.13. The predicted molar refractivity (Wildman–Crippen MR) is 63.1 cm³/mol. The molecule has 0 saturated carbocycles. The molecule has 0 aliphatic rings. The van der Waals surface area contributed by atoms with Crippen LogP contribution in [0.1, 0.15) is 29.8 Å². The highest BCUT2D eigenvalue weighted by atomic mass is 32.2. The van der Waals surface area contributed by atoms with Crippen LogP contribution in [0.4, 0.5) is 0 Å². The minimum atomic E-state index is 0.123. The molecule has 0 aromatic heterocycles. The summed E-state index contributed by atoms with van der Waals surface area (Å²) in [5.41, 5.74) is 1.27. The Morgan fingerprint density at radius 2 is 2.00 bits per heavy atom. The Balaban J connectivity index is 2.63. The smallest absolute Gasteiger partial charge is 0.172 e. The fourth-order valence-electron chi connectivity index (χ4n) is 1.06. The standard InChI is InChI=1S/C12H13NOS/c1-9(2)15-8-12(14)11-5-3-10(7-13)4-6-11/h3-6,9H,8H2,1-2H3. The lowest BCUT2D eigenvalue weighted by Gasteiger charge is -2.03. The predicted octanol–water partition coefficient (Wildman–Crippen LogP) is 2.88. The first kappa shape index (κ1) is 11.8. The van der Waals surface area contributed by atoms with E-state index in [0.717, 1.165) is 0 Å². The van der Waals surface area contributed by atoms with E-state index in [1.54, 1.807) is 36.0 Å². The van der Waals surface area contributed by atoms with Crippen LogP contribution >= 0.6 is 11.8 Å². The molecule has 78 valence electrons. The minimum Gasteiger partial charge on any atom is -0.293 e. The van der Waals surface area contributed by atoms with Crippen molar-refractivity contribution < 1.29 is 4.79 Å². The summed E-state index contributed by atoms with van der Waals surface area (Å²) in [7, 11) is 0. The molecule has 0 bridgehead atoms. The molecule has 0 amide bonds. The van der Waals surface area contributed by atoms with Crippen molar-refractivity contribution in [1.29, 1.82) is 5.26 Å². The Labute approximate surface area is 94.3 Å². The lowest BCUT2D eigenvalue weighted by atomic mass is 10.1. The van der Waals surface area contributed by atoms with E-state index in [0.29, 0.717) is 22.1 Å². The van der Waals surface area contributed by atoms with E-state index in [4.69, 9.17) is 5.26 Å². The normalized spacial score (nSPS) is 10.0. The monoisotopic (exact) mass is 219 g/mol. The highest BCUT2D eigenvalue weighted by Gasteiger charge is 2.06. The van der Waals surface area contributed by atoms with Gasteiger partial charge in [-0.25, -0.2) is 0 Å². The second kappa shape index (κ2) is 5.57. The fourth-order valence-corrected chi connectivity index (χ4v) is 1.71. The van der Waals surface area contributed by atoms with E-state index in [1.165, 1.54) is 0 Å². The zero-order valence-electron chi connectivity index (χ0n) is 8.86. The summed E-state index contributed by atoms with van der Waals surface area (Å²) in [6, 6.07) is 8.79. The summed E-state index contributed by atoms with van der Waals surface area (Å²) >= 11 is 1.63. The van der Waals surface area contributed by atoms with E-state index in [-0.39, 0.29) is 5.78 Å². The first-order valence-corrected chi connectivity index (χ1v) is 5.83. The van der Waals surface area contributed by atoms with E-state index in [1.807, 2.05) is 6.07 Å². The van der Waals surface area contributed by atoms with Gasteiger partial charge in [-0.3, -0.25) is 4.79 Å². The number of Topliss-reactive ketones (excluding diaryl/α,β-unsaturated/α-hetero) is 1. The Morgan fingerprint density at radius 3 is 2.47 bits per heavy atom. The molecule has 0 unspecified atom stereocenters. The molecule has 0 aliphatic heterocycles. The average molecular weight is 219 g/mol. The molecule has 1 aromatic rings. The molecule has 0 heterocycles. The quantitative estimate of drug-likeness (QED) is 0.731. The molecule has 0 spiro atoms. The molecule has 0 fully saturated rings. The van der Waals surface area contributed by atoms with Crippen molar-refractivity contribution in [3.63, 3.8) is 0 Å². The van der Waals surface area contributed by atoms with Crippen LogP contribution in [-0.2, 0) is 0 Å². The number of carbonyl (C=O) groups is 1. The zero-order valence-corrected chi connectivity index (χ0v) is 9.67. The van der Waals surface area contributed by atoms with E-state index < -0.39 is 0 Å². The van der Waals surface area contributed by atoms with Gasteiger partial charge in [-0.05, 0) is 17.4 Å². The Kier molecular flexibility index (Phi) is 4.38. The summed E-state index contributed by atoms with van der Waals surface area (Å²) in [5.74, 6) is 0.627. The van der Waals surface area contributed by atoms with Crippen LogP contribution < -0.4 is 0 Å². The van der Waals surface area contributed by atoms with Gasteiger partial charge >= 0.3 is 0 Å². The molecule has 0 radical (unpaired) electrons. The van der Waals surface area contributed by atoms with E-state index >= 15 is 0 Å². The molecule has 3 heteroatoms. The van der Waals surface area contributed by atoms with Crippen molar-refractivity contribution in [2.45, 2.75) is 19.1 Å². The molecule has 2 nitrogen and oxygen atoms in total. The molecular weight excluding hydrogens is 206 g/mol. The van der Waals surface area contributed by atoms with Crippen LogP contribution in [0.2, 0.25) is 0 Å². The number of nitriles is 1. The van der Waals surface area contributed by atoms with Gasteiger partial charge in [0.25, 0.3) is 0 Å². The van der Waals surface area contributed by atoms with Crippen LogP contribution in [0.15, 0.2) is 24.3 Å². The number of nitrogens with zero attached hydrogens (tertiary/aromatic N) is 1. The summed E-state index contributed by atoms with van der Waals surface area (Å²) < 4.78 is 0. The maximum absolute atomic E-state index is 11.6. The Bertz CT molecular complexity index is 376. The average Bonchev–Trinajstić information content (AvgIpc) is 2.26. The van der Waals surface area contributed by atoms with Gasteiger partial charge in [0.2, 0.25) is 0 Å². The van der Waals surface area contributed by atoms with E-state index in [2.05, 4.69) is 13.8 Å². The summed E-state index contributed by atoms with van der Waals surface area (Å²) in [6.07, 6.45) is 0. The van der Waals surface area contributed by atoms with Crippen molar-refractivity contribution in [2.75, 3.05) is 5.75 Å². The van der Waals surface area contributed by atoms with Crippen molar-refractivity contribution in [1.82, 2.24) is 0 Å². The van der Waals surface area contributed by atoms with Gasteiger partial charge in [-0.1, -0.05) is 26.0 Å². The fraction of sp³-hybridized carbons (Fsp3) is 0.333. The number of hydrogen-bond acceptors (Lipinski definition) is 3. The van der Waals surface area contributed by atoms with Crippen molar-refractivity contribution in [3.05, 3.63) is 35.4 Å². The molecule has 1 aromatic carbocycles. The SMILES string of the molecule is CC(C)SCC(=O)c1ccc(C#N)cc1. The van der Waals surface area contributed by atoms with E-state index in [9.17, 15) is 4.79 Å². The van der Waals surface area contributed by atoms with Gasteiger partial charge in [0.1, 0.15) is 0 Å². The molecule has 0 aliphatic carbocycles. The maximum Gasteiger partial charge on any atom is 0.172 e. The van der Waals surface area contributed by atoms with Gasteiger partial charge in [-0.2, -0.15) is 17.0 Å². The third-order valence-corrected chi connectivity index (χ3v) is 2.98. The Morgan fingerprint density at radius 1 is 1.40 bits per heavy atom. The van der Waals surface area contributed by atoms with Gasteiger partial charge in [0, 0.05) is 5.56 Å². The largest absolute Gasteiger partial charge is 0.293 e. The second-order valence-electron chi connectivity index (χ2n) is 3.47. The van der Waals surface area contributed by atoms with Crippen molar-refractivity contribution >= 4 is 17.5 Å². The molecular formula is C12H13NOS. The number of carbonyl (C=O) groups excluding carboxylic acids is 1. The second-order valence-corrected chi connectivity index (χ2v) is 5.04. The highest BCUT2D eigenvalue weighted by molar-refractivity contribution is 8.00. The van der Waals surface area contributed by atoms with Crippen LogP contribution in [-0.4, -0.2) is 16.8 Å². The number of hydrogen-bond donors (Lipinski definition) is 0. The first-order chi connectivity index (χ1) is 7.13. The van der Waals surface area contributed by atoms with Gasteiger partial charge in [0.05, 0.1) is 17.4 Å².